The van der Waals surface area contributed by atoms with E-state index in [2.05, 4.69) is 46.0 Å². The van der Waals surface area contributed by atoms with Gasteiger partial charge in [-0.15, -0.1) is 0 Å². The largest absolute Gasteiger partial charge is 0.396 e. The number of nitrogens with two attached hydrogens (primary N) is 1. The van der Waals surface area contributed by atoms with Crippen molar-refractivity contribution < 1.29 is 0 Å². The maximum Gasteiger partial charge on any atom is 0.0776 e. The van der Waals surface area contributed by atoms with E-state index in [-0.39, 0.29) is 0 Å². The van der Waals surface area contributed by atoms with Gasteiger partial charge in [0.1, 0.15) is 0 Å². The molecule has 1 aromatic heterocycles. The van der Waals surface area contributed by atoms with Crippen LogP contribution >= 0.6 is 27.7 Å². The third kappa shape index (κ3) is 3.01. The number of aromatic nitrogens is 1. The van der Waals surface area contributed by atoms with Crippen LogP contribution in [0.25, 0.3) is 0 Å². The highest BCUT2D eigenvalue weighted by molar-refractivity contribution is 9.10. The molecule has 0 bridgehead atoms. The highest BCUT2D eigenvalue weighted by atomic mass is 79.9. The fourth-order valence-corrected chi connectivity index (χ4v) is 2.72. The van der Waals surface area contributed by atoms with E-state index in [4.69, 9.17) is 5.73 Å². The summed E-state index contributed by atoms with van der Waals surface area (Å²) in [6.07, 6.45) is 5.56. The van der Waals surface area contributed by atoms with Crippen molar-refractivity contribution >= 4 is 39.1 Å². The molecule has 0 saturated heterocycles. The Hall–Kier alpha value is -0.420. The molecule has 0 fully saturated rings. The number of pyridine rings is 1. The van der Waals surface area contributed by atoms with Crippen molar-refractivity contribution in [3.05, 3.63) is 16.9 Å². The van der Waals surface area contributed by atoms with E-state index in [0.717, 1.165) is 15.9 Å². The highest BCUT2D eigenvalue weighted by Gasteiger charge is 2.15. The lowest BCUT2D eigenvalue weighted by molar-refractivity contribution is 0.764. The van der Waals surface area contributed by atoms with E-state index in [1.165, 1.54) is 0 Å². The molecule has 0 aliphatic carbocycles. The van der Waals surface area contributed by atoms with Crippen LogP contribution in [0.3, 0.4) is 0 Å². The minimum absolute atomic E-state index is 0.445. The predicted molar refractivity (Wildman–Crippen MR) is 72.6 cm³/mol. The number of hydrogen-bond acceptors (Lipinski definition) is 4. The molecule has 0 spiro atoms. The van der Waals surface area contributed by atoms with Crippen LogP contribution in [-0.2, 0) is 0 Å². The summed E-state index contributed by atoms with van der Waals surface area (Å²) in [4.78, 5) is 6.21. The number of rotatable bonds is 4. The van der Waals surface area contributed by atoms with Gasteiger partial charge in [0.25, 0.3) is 0 Å². The molecule has 1 unspecified atom stereocenters. The smallest absolute Gasteiger partial charge is 0.0776 e. The standard InChI is InChI=1S/C10H16BrN3S/c1-7(6-15-3)14(2)10-8(11)4-13-5-9(10)12/h4-5,7H,6,12H2,1-3H3. The second kappa shape index (κ2) is 5.61. The summed E-state index contributed by atoms with van der Waals surface area (Å²) in [5.74, 6) is 1.07. The van der Waals surface area contributed by atoms with Crippen LogP contribution in [-0.4, -0.2) is 30.1 Å². The van der Waals surface area contributed by atoms with Crippen LogP contribution in [0.5, 0.6) is 0 Å². The van der Waals surface area contributed by atoms with Crippen molar-refractivity contribution in [2.75, 3.05) is 29.7 Å². The Morgan fingerprint density at radius 2 is 2.27 bits per heavy atom. The number of anilines is 2. The lowest BCUT2D eigenvalue weighted by Crippen LogP contribution is -2.31. The Labute approximate surface area is 104 Å². The maximum atomic E-state index is 5.92. The molecule has 0 aliphatic heterocycles. The Kier molecular flexibility index (Phi) is 4.73. The second-order valence-corrected chi connectivity index (χ2v) is 5.24. The molecule has 1 rings (SSSR count). The number of nitrogens with zero attached hydrogens (tertiary/aromatic N) is 2. The van der Waals surface area contributed by atoms with Gasteiger partial charge in [0, 0.05) is 25.0 Å². The molecule has 84 valence electrons. The van der Waals surface area contributed by atoms with Crippen molar-refractivity contribution in [2.45, 2.75) is 13.0 Å². The maximum absolute atomic E-state index is 5.92. The molecular formula is C10H16BrN3S. The number of nitrogen functional groups attached to an aromatic ring is 1. The number of thioether (sulfide) groups is 1. The molecule has 15 heavy (non-hydrogen) atoms. The molecule has 1 heterocycles. The fourth-order valence-electron chi connectivity index (χ4n) is 1.39. The summed E-state index contributed by atoms with van der Waals surface area (Å²) in [5, 5.41) is 0. The minimum atomic E-state index is 0.445. The lowest BCUT2D eigenvalue weighted by atomic mass is 10.2. The van der Waals surface area contributed by atoms with Crippen LogP contribution in [0.2, 0.25) is 0 Å². The van der Waals surface area contributed by atoms with Gasteiger partial charge in [-0.1, -0.05) is 0 Å². The first-order chi connectivity index (χ1) is 7.07. The van der Waals surface area contributed by atoms with E-state index in [1.807, 2.05) is 11.8 Å². The van der Waals surface area contributed by atoms with Crippen molar-refractivity contribution in [1.29, 1.82) is 0 Å². The van der Waals surface area contributed by atoms with Gasteiger partial charge >= 0.3 is 0 Å². The first-order valence-electron chi connectivity index (χ1n) is 4.68. The zero-order chi connectivity index (χ0) is 11.4. The third-order valence-electron chi connectivity index (χ3n) is 2.32. The topological polar surface area (TPSA) is 42.1 Å². The van der Waals surface area contributed by atoms with Crippen molar-refractivity contribution in [3.63, 3.8) is 0 Å². The molecule has 0 radical (unpaired) electrons. The van der Waals surface area contributed by atoms with Crippen LogP contribution < -0.4 is 10.6 Å². The molecule has 5 heteroatoms. The van der Waals surface area contributed by atoms with Crippen molar-refractivity contribution in [1.82, 2.24) is 4.98 Å². The molecule has 2 N–H and O–H groups in total. The van der Waals surface area contributed by atoms with E-state index in [1.54, 1.807) is 12.4 Å². The molecule has 1 aromatic rings. The van der Waals surface area contributed by atoms with Crippen LogP contribution in [0.15, 0.2) is 16.9 Å². The quantitative estimate of drug-likeness (QED) is 0.925. The van der Waals surface area contributed by atoms with Gasteiger partial charge in [0.2, 0.25) is 0 Å². The number of hydrogen-bond donors (Lipinski definition) is 1. The summed E-state index contributed by atoms with van der Waals surface area (Å²) in [7, 11) is 2.05. The van der Waals surface area contributed by atoms with E-state index in [9.17, 15) is 0 Å². The summed E-state index contributed by atoms with van der Waals surface area (Å²) in [5.41, 5.74) is 7.64. The van der Waals surface area contributed by atoms with E-state index < -0.39 is 0 Å². The average Bonchev–Trinajstić information content (AvgIpc) is 2.17. The van der Waals surface area contributed by atoms with E-state index in [0.29, 0.717) is 11.7 Å². The predicted octanol–water partition coefficient (Wildman–Crippen LogP) is 2.61. The van der Waals surface area contributed by atoms with Crippen LogP contribution in [0.4, 0.5) is 11.4 Å². The van der Waals surface area contributed by atoms with E-state index >= 15 is 0 Å². The molecule has 0 saturated carbocycles. The van der Waals surface area contributed by atoms with Gasteiger partial charge in [-0.3, -0.25) is 4.98 Å². The Morgan fingerprint density at radius 3 is 2.80 bits per heavy atom. The van der Waals surface area contributed by atoms with Gasteiger partial charge in [-0.2, -0.15) is 11.8 Å². The first-order valence-corrected chi connectivity index (χ1v) is 6.87. The molecule has 3 nitrogen and oxygen atoms in total. The van der Waals surface area contributed by atoms with Crippen LogP contribution in [0, 0.1) is 0 Å². The van der Waals surface area contributed by atoms with Gasteiger partial charge in [-0.05, 0) is 29.1 Å². The molecule has 0 aliphatic rings. The summed E-state index contributed by atoms with van der Waals surface area (Å²) in [6, 6.07) is 0.445. The summed E-state index contributed by atoms with van der Waals surface area (Å²) in [6.45, 7) is 2.18. The monoisotopic (exact) mass is 289 g/mol. The molecular weight excluding hydrogens is 274 g/mol. The summed E-state index contributed by atoms with van der Waals surface area (Å²) < 4.78 is 0.943. The van der Waals surface area contributed by atoms with Crippen molar-refractivity contribution in [2.24, 2.45) is 0 Å². The zero-order valence-electron chi connectivity index (χ0n) is 9.20. The average molecular weight is 290 g/mol. The zero-order valence-corrected chi connectivity index (χ0v) is 11.6. The van der Waals surface area contributed by atoms with Crippen molar-refractivity contribution in [3.8, 4) is 0 Å². The van der Waals surface area contributed by atoms with Gasteiger partial charge < -0.3 is 10.6 Å². The third-order valence-corrected chi connectivity index (χ3v) is 3.72. The first kappa shape index (κ1) is 12.6. The van der Waals surface area contributed by atoms with Crippen LogP contribution in [0.1, 0.15) is 6.92 Å². The summed E-state index contributed by atoms with van der Waals surface area (Å²) >= 11 is 5.31. The lowest BCUT2D eigenvalue weighted by Gasteiger charge is -2.28. The Bertz CT molecular complexity index is 312. The minimum Gasteiger partial charge on any atom is -0.396 e. The number of halogens is 1. The molecule has 0 amide bonds. The second-order valence-electron chi connectivity index (χ2n) is 3.47. The van der Waals surface area contributed by atoms with Gasteiger partial charge in [0.15, 0.2) is 0 Å². The SMILES string of the molecule is CSCC(C)N(C)c1c(N)cncc1Br. The molecule has 0 aromatic carbocycles. The normalized spacial score (nSPS) is 12.5. The fraction of sp³-hybridized carbons (Fsp3) is 0.500. The highest BCUT2D eigenvalue weighted by Crippen LogP contribution is 2.31. The van der Waals surface area contributed by atoms with Gasteiger partial charge in [-0.25, -0.2) is 0 Å². The Morgan fingerprint density at radius 1 is 1.60 bits per heavy atom. The van der Waals surface area contributed by atoms with Gasteiger partial charge in [0.05, 0.1) is 22.0 Å². The molecule has 1 atom stereocenters. The Balaban J connectivity index is 2.94.